The molecule has 1 aromatic carbocycles. The van der Waals surface area contributed by atoms with Gasteiger partial charge in [-0.25, -0.2) is 4.79 Å². The number of carbonyl (C=O) groups is 1. The van der Waals surface area contributed by atoms with E-state index in [9.17, 15) is 4.79 Å². The molecule has 3 aromatic rings. The Bertz CT molecular complexity index is 880. The van der Waals surface area contributed by atoms with Gasteiger partial charge in [0.05, 0.1) is 6.54 Å². The maximum Gasteiger partial charge on any atom is 0.317 e. The third kappa shape index (κ3) is 3.61. The van der Waals surface area contributed by atoms with Crippen LogP contribution >= 0.6 is 11.3 Å². The number of hydrogen-bond acceptors (Lipinski definition) is 4. The van der Waals surface area contributed by atoms with Gasteiger partial charge in [0.25, 0.3) is 0 Å². The van der Waals surface area contributed by atoms with Gasteiger partial charge in [-0.2, -0.15) is 11.3 Å². The van der Waals surface area contributed by atoms with Crippen LogP contribution in [0.1, 0.15) is 12.7 Å². The fourth-order valence-corrected chi connectivity index (χ4v) is 4.04. The summed E-state index contributed by atoms with van der Waals surface area (Å²) >= 11 is 1.71. The maximum atomic E-state index is 11.9. The Morgan fingerprint density at radius 1 is 1.15 bits per heavy atom. The van der Waals surface area contributed by atoms with E-state index in [-0.39, 0.29) is 6.03 Å². The molecule has 1 saturated heterocycles. The molecule has 0 aliphatic carbocycles. The van der Waals surface area contributed by atoms with E-state index in [1.165, 1.54) is 11.1 Å². The van der Waals surface area contributed by atoms with E-state index in [2.05, 4.69) is 51.3 Å². The number of benzene rings is 1. The van der Waals surface area contributed by atoms with Gasteiger partial charge in [0.2, 0.25) is 0 Å². The number of thiophene rings is 1. The van der Waals surface area contributed by atoms with Crippen molar-refractivity contribution in [3.05, 3.63) is 46.9 Å². The number of fused-ring (bicyclic) bond motifs is 1. The summed E-state index contributed by atoms with van der Waals surface area (Å²) in [6.45, 7) is 6.65. The first kappa shape index (κ1) is 17.1. The zero-order chi connectivity index (χ0) is 17.9. The summed E-state index contributed by atoms with van der Waals surface area (Å²) < 4.78 is 6.02. The third-order valence-electron chi connectivity index (χ3n) is 4.79. The van der Waals surface area contributed by atoms with Gasteiger partial charge < -0.3 is 14.6 Å². The minimum Gasteiger partial charge on any atom is -0.460 e. The van der Waals surface area contributed by atoms with Crippen LogP contribution in [0.2, 0.25) is 0 Å². The number of hydrogen-bond donors (Lipinski definition) is 1. The summed E-state index contributed by atoms with van der Waals surface area (Å²) in [6, 6.07) is 10.7. The molecule has 0 unspecified atom stereocenters. The Morgan fingerprint density at radius 2 is 2.00 bits per heavy atom. The first-order chi connectivity index (χ1) is 12.7. The van der Waals surface area contributed by atoms with Crippen molar-refractivity contribution in [2.24, 2.45) is 0 Å². The van der Waals surface area contributed by atoms with Gasteiger partial charge in [-0.1, -0.05) is 6.07 Å². The van der Waals surface area contributed by atoms with Crippen molar-refractivity contribution in [2.45, 2.75) is 13.5 Å². The molecule has 0 saturated carbocycles. The van der Waals surface area contributed by atoms with Crippen molar-refractivity contribution in [1.29, 1.82) is 0 Å². The Balaban J connectivity index is 1.41. The van der Waals surface area contributed by atoms with E-state index < -0.39 is 0 Å². The SMILES string of the molecule is CCNC(=O)N1CCN(Cc2cc3cc(-c4ccsc4)ccc3o2)CC1. The number of carbonyl (C=O) groups excluding carboxylic acids is 1. The number of nitrogens with zero attached hydrogens (tertiary/aromatic N) is 2. The standard InChI is InChI=1S/C20H23N3O2S/c1-2-21-20(24)23-8-6-22(7-9-23)13-18-12-17-11-15(3-4-19(17)25-18)16-5-10-26-14-16/h3-5,10-12,14H,2,6-9,13H2,1H3,(H,21,24). The Morgan fingerprint density at radius 3 is 2.73 bits per heavy atom. The van der Waals surface area contributed by atoms with Crippen molar-refractivity contribution in [2.75, 3.05) is 32.7 Å². The van der Waals surface area contributed by atoms with Crippen LogP contribution in [0.15, 0.2) is 45.5 Å². The summed E-state index contributed by atoms with van der Waals surface area (Å²) in [6.07, 6.45) is 0. The van der Waals surface area contributed by atoms with Crippen molar-refractivity contribution < 1.29 is 9.21 Å². The average Bonchev–Trinajstić information content (AvgIpc) is 3.31. The van der Waals surface area contributed by atoms with Crippen LogP contribution in [-0.4, -0.2) is 48.6 Å². The quantitative estimate of drug-likeness (QED) is 0.756. The fraction of sp³-hybridized carbons (Fsp3) is 0.350. The summed E-state index contributed by atoms with van der Waals surface area (Å²) in [5.41, 5.74) is 3.41. The highest BCUT2D eigenvalue weighted by Gasteiger charge is 2.21. The molecular weight excluding hydrogens is 346 g/mol. The van der Waals surface area contributed by atoms with E-state index in [0.717, 1.165) is 49.5 Å². The molecule has 0 spiro atoms. The van der Waals surface area contributed by atoms with Gasteiger partial charge in [0.15, 0.2) is 0 Å². The van der Waals surface area contributed by atoms with E-state index in [4.69, 9.17) is 4.42 Å². The van der Waals surface area contributed by atoms with Gasteiger partial charge in [0.1, 0.15) is 11.3 Å². The van der Waals surface area contributed by atoms with Gasteiger partial charge in [-0.3, -0.25) is 4.90 Å². The minimum atomic E-state index is 0.0387. The predicted octanol–water partition coefficient (Wildman–Crippen LogP) is 4.01. The van der Waals surface area contributed by atoms with E-state index in [1.807, 2.05) is 11.8 Å². The molecular formula is C20H23N3O2S. The molecule has 2 amide bonds. The largest absolute Gasteiger partial charge is 0.460 e. The average molecular weight is 369 g/mol. The lowest BCUT2D eigenvalue weighted by molar-refractivity contribution is 0.131. The highest BCUT2D eigenvalue weighted by molar-refractivity contribution is 7.08. The summed E-state index contributed by atoms with van der Waals surface area (Å²) in [4.78, 5) is 16.1. The molecule has 0 bridgehead atoms. The van der Waals surface area contributed by atoms with Crippen LogP contribution in [0.5, 0.6) is 0 Å². The maximum absolute atomic E-state index is 11.9. The second kappa shape index (κ2) is 7.51. The molecule has 1 fully saturated rings. The molecule has 26 heavy (non-hydrogen) atoms. The van der Waals surface area contributed by atoms with Crippen molar-refractivity contribution in [1.82, 2.24) is 15.1 Å². The summed E-state index contributed by atoms with van der Waals surface area (Å²) in [5.74, 6) is 0.980. The van der Waals surface area contributed by atoms with Crippen LogP contribution in [-0.2, 0) is 6.54 Å². The van der Waals surface area contributed by atoms with Gasteiger partial charge >= 0.3 is 6.03 Å². The normalized spacial score (nSPS) is 15.5. The minimum absolute atomic E-state index is 0.0387. The van der Waals surface area contributed by atoms with Crippen LogP contribution in [0.25, 0.3) is 22.1 Å². The predicted molar refractivity (Wildman–Crippen MR) is 105 cm³/mol. The molecule has 5 nitrogen and oxygen atoms in total. The van der Waals surface area contributed by atoms with Gasteiger partial charge in [-0.05, 0) is 53.1 Å². The molecule has 3 heterocycles. The summed E-state index contributed by atoms with van der Waals surface area (Å²) in [7, 11) is 0. The van der Waals surface area contributed by atoms with Crippen molar-refractivity contribution in [3.63, 3.8) is 0 Å². The molecule has 0 radical (unpaired) electrons. The lowest BCUT2D eigenvalue weighted by atomic mass is 10.1. The second-order valence-corrected chi connectivity index (χ2v) is 7.36. The third-order valence-corrected chi connectivity index (χ3v) is 5.47. The van der Waals surface area contributed by atoms with Crippen LogP contribution in [0, 0.1) is 0 Å². The summed E-state index contributed by atoms with van der Waals surface area (Å²) in [5, 5.41) is 8.27. The topological polar surface area (TPSA) is 48.7 Å². The number of piperazine rings is 1. The lowest BCUT2D eigenvalue weighted by Crippen LogP contribution is -2.51. The Labute approximate surface area is 157 Å². The molecule has 6 heteroatoms. The zero-order valence-electron chi connectivity index (χ0n) is 14.9. The van der Waals surface area contributed by atoms with E-state index in [1.54, 1.807) is 11.3 Å². The molecule has 0 atom stereocenters. The smallest absolute Gasteiger partial charge is 0.317 e. The molecule has 1 aliphatic heterocycles. The van der Waals surface area contributed by atoms with Crippen LogP contribution < -0.4 is 5.32 Å². The lowest BCUT2D eigenvalue weighted by Gasteiger charge is -2.34. The molecule has 1 aliphatic rings. The molecule has 136 valence electrons. The van der Waals surface area contributed by atoms with Gasteiger partial charge in [0, 0.05) is 38.1 Å². The monoisotopic (exact) mass is 369 g/mol. The van der Waals surface area contributed by atoms with Crippen LogP contribution in [0.3, 0.4) is 0 Å². The highest BCUT2D eigenvalue weighted by atomic mass is 32.1. The Kier molecular flexibility index (Phi) is 4.95. The highest BCUT2D eigenvalue weighted by Crippen LogP contribution is 2.28. The number of rotatable bonds is 4. The van der Waals surface area contributed by atoms with Gasteiger partial charge in [-0.15, -0.1) is 0 Å². The van der Waals surface area contributed by atoms with E-state index in [0.29, 0.717) is 6.54 Å². The molecule has 4 rings (SSSR count). The number of nitrogens with one attached hydrogen (secondary N) is 1. The van der Waals surface area contributed by atoms with Crippen molar-refractivity contribution in [3.8, 4) is 11.1 Å². The zero-order valence-corrected chi connectivity index (χ0v) is 15.7. The molecule has 1 N–H and O–H groups in total. The number of amides is 2. The first-order valence-electron chi connectivity index (χ1n) is 9.03. The molecule has 2 aromatic heterocycles. The number of urea groups is 1. The van der Waals surface area contributed by atoms with Crippen LogP contribution in [0.4, 0.5) is 4.79 Å². The first-order valence-corrected chi connectivity index (χ1v) is 9.97. The number of furan rings is 1. The van der Waals surface area contributed by atoms with Crippen molar-refractivity contribution >= 4 is 28.3 Å². The van der Waals surface area contributed by atoms with E-state index >= 15 is 0 Å². The second-order valence-electron chi connectivity index (χ2n) is 6.58. The fourth-order valence-electron chi connectivity index (χ4n) is 3.38. The Hall–Kier alpha value is -2.31.